The zero-order valence-corrected chi connectivity index (χ0v) is 32.3. The molecule has 1 amide bonds. The zero-order chi connectivity index (χ0) is 37.1. The van der Waals surface area contributed by atoms with Gasteiger partial charge in [0.05, 0.1) is 20.1 Å². The standard InChI is InChI=1S/C39H59N3O6.CH5N/c1-38(2,3)47-36(43)26-10-14-31(15-11-26)40-24-29-22-27(12-20-34(29)45-8)28-13-21-35(46-9)30(23-28)25-41-32-16-18-33(19-17-32)42(7)37(44)48-39(4,5)6;1-2/h12-13,20-23,26,31-33,40-41H,10-11,14-19,24-25H2,1-9H3;2H2,1H3. The molecule has 0 radical (unpaired) electrons. The largest absolute Gasteiger partial charge is 0.496 e. The molecule has 10 nitrogen and oxygen atoms in total. The van der Waals surface area contributed by atoms with E-state index >= 15 is 0 Å². The smallest absolute Gasteiger partial charge is 0.410 e. The van der Waals surface area contributed by atoms with Crippen molar-refractivity contribution < 1.29 is 28.5 Å². The Morgan fingerprint density at radius 2 is 1.12 bits per heavy atom. The van der Waals surface area contributed by atoms with Crippen LogP contribution in [0, 0.1) is 5.92 Å². The monoisotopic (exact) mass is 696 g/mol. The van der Waals surface area contributed by atoms with Crippen LogP contribution in [0.15, 0.2) is 36.4 Å². The topological polar surface area (TPSA) is 124 Å². The van der Waals surface area contributed by atoms with Gasteiger partial charge in [0.2, 0.25) is 0 Å². The van der Waals surface area contributed by atoms with E-state index in [2.05, 4.69) is 40.6 Å². The van der Waals surface area contributed by atoms with Gasteiger partial charge in [-0.2, -0.15) is 0 Å². The highest BCUT2D eigenvalue weighted by atomic mass is 16.6. The highest BCUT2D eigenvalue weighted by molar-refractivity contribution is 5.73. The Balaban J connectivity index is 0.00000332. The molecule has 0 aliphatic heterocycles. The maximum absolute atomic E-state index is 12.6. The number of nitrogens with two attached hydrogens (primary N) is 1. The van der Waals surface area contributed by atoms with E-state index in [-0.39, 0.29) is 24.0 Å². The number of methoxy groups -OCH3 is 2. The van der Waals surface area contributed by atoms with Crippen LogP contribution >= 0.6 is 0 Å². The third kappa shape index (κ3) is 12.5. The number of hydrogen-bond acceptors (Lipinski definition) is 9. The van der Waals surface area contributed by atoms with Crippen molar-refractivity contribution in [1.29, 1.82) is 0 Å². The van der Waals surface area contributed by atoms with Crippen molar-refractivity contribution in [3.05, 3.63) is 47.5 Å². The lowest BCUT2D eigenvalue weighted by Crippen LogP contribution is -2.44. The van der Waals surface area contributed by atoms with Crippen LogP contribution in [0.3, 0.4) is 0 Å². The Kier molecular flexibility index (Phi) is 15.4. The Bertz CT molecular complexity index is 1370. The fraction of sp³-hybridized carbons (Fsp3) is 0.650. The van der Waals surface area contributed by atoms with Gasteiger partial charge in [0.15, 0.2) is 0 Å². The van der Waals surface area contributed by atoms with E-state index in [0.29, 0.717) is 25.2 Å². The summed E-state index contributed by atoms with van der Waals surface area (Å²) in [6.45, 7) is 12.9. The van der Waals surface area contributed by atoms with E-state index < -0.39 is 11.2 Å². The molecule has 0 bridgehead atoms. The lowest BCUT2D eigenvalue weighted by Gasteiger charge is -2.36. The summed E-state index contributed by atoms with van der Waals surface area (Å²) in [5, 5.41) is 7.47. The van der Waals surface area contributed by atoms with Gasteiger partial charge in [-0.3, -0.25) is 4.79 Å². The first-order valence-electron chi connectivity index (χ1n) is 18.2. The van der Waals surface area contributed by atoms with E-state index in [1.165, 1.54) is 7.05 Å². The molecule has 4 N–H and O–H groups in total. The summed E-state index contributed by atoms with van der Waals surface area (Å²) in [6.07, 6.45) is 7.21. The number of rotatable bonds is 11. The van der Waals surface area contributed by atoms with Gasteiger partial charge in [-0.1, -0.05) is 12.1 Å². The van der Waals surface area contributed by atoms with Crippen molar-refractivity contribution in [2.45, 2.75) is 135 Å². The fourth-order valence-electron chi connectivity index (χ4n) is 6.77. The van der Waals surface area contributed by atoms with Crippen LogP contribution in [-0.4, -0.2) is 74.6 Å². The summed E-state index contributed by atoms with van der Waals surface area (Å²) in [5.41, 5.74) is 8.02. The average Bonchev–Trinajstić information content (AvgIpc) is 3.09. The number of nitrogens with one attached hydrogen (secondary N) is 2. The molecule has 2 aliphatic carbocycles. The molecular formula is C40H64N4O6. The van der Waals surface area contributed by atoms with Gasteiger partial charge < -0.3 is 40.2 Å². The van der Waals surface area contributed by atoms with Crippen molar-refractivity contribution >= 4 is 12.1 Å². The minimum atomic E-state index is -0.493. The van der Waals surface area contributed by atoms with Crippen LogP contribution in [0.5, 0.6) is 11.5 Å². The summed E-state index contributed by atoms with van der Waals surface area (Å²) in [6, 6.07) is 13.6. The van der Waals surface area contributed by atoms with Crippen LogP contribution in [-0.2, 0) is 27.4 Å². The number of hydrogen-bond donors (Lipinski definition) is 3. The normalized spacial score (nSPS) is 20.9. The first-order chi connectivity index (χ1) is 23.7. The van der Waals surface area contributed by atoms with Gasteiger partial charge in [-0.15, -0.1) is 0 Å². The molecule has 2 fully saturated rings. The molecule has 50 heavy (non-hydrogen) atoms. The van der Waals surface area contributed by atoms with Crippen molar-refractivity contribution in [1.82, 2.24) is 15.5 Å². The second-order valence-corrected chi connectivity index (χ2v) is 15.5. The predicted octanol–water partition coefficient (Wildman–Crippen LogP) is 7.20. The molecule has 0 unspecified atom stereocenters. The van der Waals surface area contributed by atoms with Gasteiger partial charge in [-0.25, -0.2) is 4.79 Å². The second-order valence-electron chi connectivity index (χ2n) is 15.5. The van der Waals surface area contributed by atoms with Gasteiger partial charge in [0.25, 0.3) is 0 Å². The zero-order valence-electron chi connectivity index (χ0n) is 32.3. The molecule has 0 saturated heterocycles. The van der Waals surface area contributed by atoms with Crippen molar-refractivity contribution in [3.8, 4) is 22.6 Å². The van der Waals surface area contributed by atoms with Gasteiger partial charge in [-0.05, 0) is 135 Å². The van der Waals surface area contributed by atoms with Crippen molar-refractivity contribution in [2.75, 3.05) is 28.3 Å². The van der Waals surface area contributed by atoms with Crippen LogP contribution in [0.25, 0.3) is 11.1 Å². The van der Waals surface area contributed by atoms with E-state index in [1.807, 2.05) is 60.7 Å². The predicted molar refractivity (Wildman–Crippen MR) is 200 cm³/mol. The summed E-state index contributed by atoms with van der Waals surface area (Å²) < 4.78 is 22.7. The molecule has 10 heteroatoms. The molecule has 4 rings (SSSR count). The molecule has 2 aromatic carbocycles. The number of carbonyl (C=O) groups excluding carboxylic acids is 2. The third-order valence-corrected chi connectivity index (χ3v) is 9.45. The van der Waals surface area contributed by atoms with E-state index in [1.54, 1.807) is 19.1 Å². The first-order valence-corrected chi connectivity index (χ1v) is 18.2. The van der Waals surface area contributed by atoms with E-state index in [0.717, 1.165) is 85.1 Å². The minimum Gasteiger partial charge on any atom is -0.496 e. The van der Waals surface area contributed by atoms with Gasteiger partial charge >= 0.3 is 12.1 Å². The third-order valence-electron chi connectivity index (χ3n) is 9.45. The Morgan fingerprint density at radius 1 is 0.700 bits per heavy atom. The van der Waals surface area contributed by atoms with Crippen LogP contribution < -0.4 is 25.8 Å². The number of ether oxygens (including phenoxy) is 4. The van der Waals surface area contributed by atoms with Crippen LogP contribution in [0.2, 0.25) is 0 Å². The van der Waals surface area contributed by atoms with E-state index in [4.69, 9.17) is 18.9 Å². The van der Waals surface area contributed by atoms with Gasteiger partial charge in [0, 0.05) is 49.4 Å². The first kappa shape index (κ1) is 41.1. The second kappa shape index (κ2) is 18.8. The van der Waals surface area contributed by atoms with Gasteiger partial charge in [0.1, 0.15) is 22.7 Å². The number of carbonyl (C=O) groups is 2. The number of nitrogens with zero attached hydrogens (tertiary/aromatic N) is 1. The maximum atomic E-state index is 12.6. The average molecular weight is 697 g/mol. The summed E-state index contributed by atoms with van der Waals surface area (Å²) in [5.74, 6) is 1.64. The summed E-state index contributed by atoms with van der Waals surface area (Å²) >= 11 is 0. The van der Waals surface area contributed by atoms with Crippen molar-refractivity contribution in [3.63, 3.8) is 0 Å². The molecule has 280 valence electrons. The SMILES string of the molecule is CN.COc1ccc(-c2ccc(OC)c(CNC3CCC(N(C)C(=O)OC(C)(C)C)CC3)c2)cc1CNC1CCC(C(=O)OC(C)(C)C)CC1. The summed E-state index contributed by atoms with van der Waals surface area (Å²) in [7, 11) is 6.78. The van der Waals surface area contributed by atoms with Crippen molar-refractivity contribution in [2.24, 2.45) is 11.7 Å². The molecular weight excluding hydrogens is 632 g/mol. The Labute approximate surface area is 301 Å². The highest BCUT2D eigenvalue weighted by Crippen LogP contribution is 2.32. The van der Waals surface area contributed by atoms with Crippen LogP contribution in [0.1, 0.15) is 104 Å². The molecule has 2 saturated carbocycles. The molecule has 0 spiro atoms. The maximum Gasteiger partial charge on any atom is 0.410 e. The summed E-state index contributed by atoms with van der Waals surface area (Å²) in [4.78, 5) is 26.9. The lowest BCUT2D eigenvalue weighted by molar-refractivity contribution is -0.161. The lowest BCUT2D eigenvalue weighted by atomic mass is 9.86. The Morgan fingerprint density at radius 3 is 1.52 bits per heavy atom. The quantitative estimate of drug-likeness (QED) is 0.209. The molecule has 0 heterocycles. The Hall–Kier alpha value is -3.34. The molecule has 0 atom stereocenters. The molecule has 2 aliphatic rings. The number of amides is 1. The highest BCUT2D eigenvalue weighted by Gasteiger charge is 2.31. The number of benzene rings is 2. The van der Waals surface area contributed by atoms with E-state index in [9.17, 15) is 9.59 Å². The fourth-order valence-corrected chi connectivity index (χ4v) is 6.77. The number of esters is 1. The van der Waals surface area contributed by atoms with Crippen LogP contribution in [0.4, 0.5) is 4.79 Å². The molecule has 0 aromatic heterocycles. The molecule has 2 aromatic rings. The minimum absolute atomic E-state index is 0.0141.